The van der Waals surface area contributed by atoms with Crippen LogP contribution in [0.3, 0.4) is 0 Å². The Morgan fingerprint density at radius 3 is 1.60 bits per heavy atom. The summed E-state index contributed by atoms with van der Waals surface area (Å²) in [6.45, 7) is 2.04. The number of hydrogen-bond donors (Lipinski definition) is 2. The molecule has 4 aliphatic rings. The highest BCUT2D eigenvalue weighted by Crippen LogP contribution is 2.55. The molecule has 0 spiro atoms. The maximum Gasteiger partial charge on any atom is 0.124 e. The van der Waals surface area contributed by atoms with Crippen molar-refractivity contribution in [2.45, 2.75) is 69.1 Å². The van der Waals surface area contributed by atoms with Gasteiger partial charge in [-0.05, 0) is 133 Å². The number of benzene rings is 3. The van der Waals surface area contributed by atoms with Gasteiger partial charge in [0.05, 0.1) is 11.4 Å². The van der Waals surface area contributed by atoms with Gasteiger partial charge >= 0.3 is 0 Å². The fourth-order valence-corrected chi connectivity index (χ4v) is 7.12. The van der Waals surface area contributed by atoms with Gasteiger partial charge in [-0.2, -0.15) is 0 Å². The summed E-state index contributed by atoms with van der Waals surface area (Å²) in [5.74, 6) is 3.12. The van der Waals surface area contributed by atoms with Crippen molar-refractivity contribution in [1.29, 1.82) is 0 Å². The molecule has 0 aliphatic heterocycles. The minimum Gasteiger partial charge on any atom is -0.507 e. The van der Waals surface area contributed by atoms with Gasteiger partial charge in [0.1, 0.15) is 11.5 Å². The molecule has 0 aromatic heterocycles. The Kier molecular flexibility index (Phi) is 4.67. The van der Waals surface area contributed by atoms with E-state index in [1.165, 1.54) is 60.8 Å². The summed E-state index contributed by atoms with van der Waals surface area (Å²) in [6.07, 6.45) is 11.0. The summed E-state index contributed by atoms with van der Waals surface area (Å²) in [7, 11) is 0. The number of rotatable bonds is 4. The third-order valence-electron chi connectivity index (χ3n) is 8.91. The van der Waals surface area contributed by atoms with Crippen molar-refractivity contribution in [3.63, 3.8) is 0 Å². The van der Waals surface area contributed by atoms with Crippen molar-refractivity contribution < 1.29 is 10.2 Å². The topological polar surface area (TPSA) is 65.2 Å². The number of aliphatic imine (C=N–C) groups is 2. The highest BCUT2D eigenvalue weighted by atomic mass is 16.3. The minimum absolute atomic E-state index is 0.301. The van der Waals surface area contributed by atoms with Crippen LogP contribution >= 0.6 is 0 Å². The first-order valence-electron chi connectivity index (χ1n) is 13.0. The van der Waals surface area contributed by atoms with Crippen LogP contribution in [0.15, 0.2) is 52.4 Å². The summed E-state index contributed by atoms with van der Waals surface area (Å²) in [5, 5.41) is 21.3. The average Bonchev–Trinajstić information content (AvgIpc) is 3.64. The van der Waals surface area contributed by atoms with E-state index in [-0.39, 0.29) is 0 Å². The minimum atomic E-state index is 0.301. The highest BCUT2D eigenvalue weighted by Gasteiger charge is 2.38. The van der Waals surface area contributed by atoms with E-state index in [1.807, 2.05) is 37.3 Å². The first kappa shape index (κ1) is 20.9. The van der Waals surface area contributed by atoms with E-state index in [9.17, 15) is 10.2 Å². The monoisotopic (exact) mass is 462 g/mol. The van der Waals surface area contributed by atoms with Crippen molar-refractivity contribution in [3.8, 4) is 11.5 Å². The second kappa shape index (κ2) is 7.81. The van der Waals surface area contributed by atoms with Gasteiger partial charge < -0.3 is 10.2 Å². The molecule has 4 nitrogen and oxygen atoms in total. The fraction of sp³-hybridized carbons (Fsp3) is 0.355. The van der Waals surface area contributed by atoms with Crippen molar-refractivity contribution in [2.75, 3.05) is 0 Å². The van der Waals surface area contributed by atoms with Crippen LogP contribution in [0.1, 0.15) is 101 Å². The molecule has 0 amide bonds. The molecule has 0 radical (unpaired) electrons. The van der Waals surface area contributed by atoms with E-state index >= 15 is 0 Å². The number of nitrogens with zero attached hydrogens (tertiary/aromatic N) is 2. The Balaban J connectivity index is 1.20. The van der Waals surface area contributed by atoms with Crippen LogP contribution in [0, 0.1) is 6.92 Å². The molecule has 4 heteroatoms. The SMILES string of the molecule is Cc1ccc(N=Cc2cc3c(cc2O)C2CCC3C2)c(N=Cc2cc3c(cc2O)C2CCC3C2)c1. The van der Waals surface area contributed by atoms with Crippen molar-refractivity contribution >= 4 is 23.8 Å². The Labute approximate surface area is 206 Å². The van der Waals surface area contributed by atoms with Crippen LogP contribution in [0.2, 0.25) is 0 Å². The zero-order chi connectivity index (χ0) is 23.7. The summed E-state index contributed by atoms with van der Waals surface area (Å²) < 4.78 is 0. The van der Waals surface area contributed by atoms with Crippen molar-refractivity contribution in [1.82, 2.24) is 0 Å². The molecule has 176 valence electrons. The molecule has 3 aromatic carbocycles. The molecule has 4 bridgehead atoms. The van der Waals surface area contributed by atoms with Crippen molar-refractivity contribution in [3.05, 3.63) is 81.4 Å². The number of phenols is 2. The fourth-order valence-electron chi connectivity index (χ4n) is 7.12. The molecule has 4 unspecified atom stereocenters. The number of fused-ring (bicyclic) bond motifs is 10. The van der Waals surface area contributed by atoms with Gasteiger partial charge in [0, 0.05) is 23.6 Å². The smallest absolute Gasteiger partial charge is 0.124 e. The second-order valence-corrected chi connectivity index (χ2v) is 11.0. The normalized spacial score (nSPS) is 25.7. The predicted octanol–water partition coefficient (Wildman–Crippen LogP) is 7.64. The lowest BCUT2D eigenvalue weighted by molar-refractivity contribution is 0.472. The summed E-state index contributed by atoms with van der Waals surface area (Å²) in [4.78, 5) is 9.48. The van der Waals surface area contributed by atoms with Crippen LogP contribution in [0.4, 0.5) is 11.4 Å². The molecule has 0 saturated heterocycles. The zero-order valence-electron chi connectivity index (χ0n) is 20.0. The molecule has 35 heavy (non-hydrogen) atoms. The molecule has 2 saturated carbocycles. The predicted molar refractivity (Wildman–Crippen MR) is 141 cm³/mol. The van der Waals surface area contributed by atoms with Gasteiger partial charge in [-0.25, -0.2) is 0 Å². The molecular formula is C31H30N2O2. The molecule has 7 rings (SSSR count). The largest absolute Gasteiger partial charge is 0.507 e. The molecule has 4 aliphatic carbocycles. The lowest BCUT2D eigenvalue weighted by atomic mass is 9.90. The molecule has 3 aromatic rings. The maximum atomic E-state index is 10.7. The summed E-state index contributed by atoms with van der Waals surface area (Å²) in [6, 6.07) is 14.2. The van der Waals surface area contributed by atoms with Crippen LogP contribution < -0.4 is 0 Å². The highest BCUT2D eigenvalue weighted by molar-refractivity contribution is 5.90. The summed E-state index contributed by atoms with van der Waals surface area (Å²) in [5.41, 5.74) is 9.57. The molecule has 4 atom stereocenters. The van der Waals surface area contributed by atoms with E-state index < -0.39 is 0 Å². The van der Waals surface area contributed by atoms with Gasteiger partial charge in [0.2, 0.25) is 0 Å². The summed E-state index contributed by atoms with van der Waals surface area (Å²) >= 11 is 0. The van der Waals surface area contributed by atoms with E-state index in [0.29, 0.717) is 35.2 Å². The van der Waals surface area contributed by atoms with Gasteiger partial charge in [0.15, 0.2) is 0 Å². The van der Waals surface area contributed by atoms with Gasteiger partial charge in [-0.3, -0.25) is 9.98 Å². The maximum absolute atomic E-state index is 10.7. The van der Waals surface area contributed by atoms with Crippen molar-refractivity contribution in [2.24, 2.45) is 9.98 Å². The van der Waals surface area contributed by atoms with E-state index in [1.54, 1.807) is 12.4 Å². The first-order valence-corrected chi connectivity index (χ1v) is 13.0. The Bertz CT molecular complexity index is 1420. The standard InChI is InChI=1S/C31H30N2O2/c1-17-2-7-28(32-15-22-11-24-18-3-5-20(9-18)26(24)13-30(22)34)29(8-17)33-16-23-12-25-19-4-6-21(10-19)27(25)14-31(23)35/h2,7-8,11-16,18-21,34-35H,3-6,9-10H2,1H3. The van der Waals surface area contributed by atoms with Gasteiger partial charge in [-0.1, -0.05) is 6.07 Å². The van der Waals surface area contributed by atoms with Crippen LogP contribution in [-0.4, -0.2) is 22.6 Å². The van der Waals surface area contributed by atoms with Gasteiger partial charge in [0.25, 0.3) is 0 Å². The molecule has 2 fully saturated rings. The first-order chi connectivity index (χ1) is 17.0. The second-order valence-electron chi connectivity index (χ2n) is 11.0. The third-order valence-corrected chi connectivity index (χ3v) is 8.91. The van der Waals surface area contributed by atoms with Crippen LogP contribution in [0.25, 0.3) is 0 Å². The average molecular weight is 463 g/mol. The van der Waals surface area contributed by atoms with Gasteiger partial charge in [-0.15, -0.1) is 0 Å². The Hall–Kier alpha value is -3.40. The molecule has 2 N–H and O–H groups in total. The van der Waals surface area contributed by atoms with E-state index in [4.69, 9.17) is 9.98 Å². The van der Waals surface area contributed by atoms with Crippen LogP contribution in [-0.2, 0) is 0 Å². The lowest BCUT2D eigenvalue weighted by Crippen LogP contribution is -1.99. The number of phenolic OH excluding ortho intramolecular Hbond substituents is 2. The number of aromatic hydroxyl groups is 2. The lowest BCUT2D eigenvalue weighted by Gasteiger charge is -2.16. The Morgan fingerprint density at radius 2 is 1.09 bits per heavy atom. The van der Waals surface area contributed by atoms with E-state index in [0.717, 1.165) is 28.1 Å². The third kappa shape index (κ3) is 3.42. The zero-order valence-corrected chi connectivity index (χ0v) is 20.0. The molecular weight excluding hydrogens is 432 g/mol. The quantitative estimate of drug-likeness (QED) is 0.391. The Morgan fingerprint density at radius 1 is 0.629 bits per heavy atom. The number of hydrogen-bond acceptors (Lipinski definition) is 4. The number of aryl methyl sites for hydroxylation is 1. The van der Waals surface area contributed by atoms with Crippen LogP contribution in [0.5, 0.6) is 11.5 Å². The molecule has 0 heterocycles. The van der Waals surface area contributed by atoms with E-state index in [2.05, 4.69) is 12.1 Å².